The number of nitrogens with one attached hydrogen (secondary N) is 1. The van der Waals surface area contributed by atoms with E-state index in [0.29, 0.717) is 11.7 Å². The Balaban J connectivity index is 2.44. The smallest absolute Gasteiger partial charge is 0.251 e. The number of hydrogen-bond donors (Lipinski definition) is 1. The number of aromatic nitrogens is 2. The van der Waals surface area contributed by atoms with E-state index in [2.05, 4.69) is 39.7 Å². The quantitative estimate of drug-likeness (QED) is 0.930. The van der Waals surface area contributed by atoms with Crippen LogP contribution in [0.1, 0.15) is 19.5 Å². The summed E-state index contributed by atoms with van der Waals surface area (Å²) in [4.78, 5) is 19.0. The molecular formula is C15H17BrN2O2. The van der Waals surface area contributed by atoms with Crippen LogP contribution >= 0.6 is 15.9 Å². The van der Waals surface area contributed by atoms with Gasteiger partial charge in [-0.3, -0.25) is 4.79 Å². The zero-order chi connectivity index (χ0) is 14.7. The highest BCUT2D eigenvalue weighted by molar-refractivity contribution is 9.10. The second-order valence-corrected chi connectivity index (χ2v) is 5.89. The van der Waals surface area contributed by atoms with Gasteiger partial charge in [-0.1, -0.05) is 13.8 Å². The van der Waals surface area contributed by atoms with Crippen molar-refractivity contribution < 1.29 is 4.74 Å². The SMILES string of the molecule is COc1ccc(-c2nc(CC(C)C)cc(=O)[nH]2)cc1Br. The second-order valence-electron chi connectivity index (χ2n) is 5.03. The number of ether oxygens (including phenoxy) is 1. The number of hydrogen-bond acceptors (Lipinski definition) is 3. The summed E-state index contributed by atoms with van der Waals surface area (Å²) in [5, 5.41) is 0. The lowest BCUT2D eigenvalue weighted by molar-refractivity contribution is 0.412. The molecule has 0 aliphatic carbocycles. The highest BCUT2D eigenvalue weighted by Gasteiger charge is 2.08. The van der Waals surface area contributed by atoms with Crippen molar-refractivity contribution in [3.63, 3.8) is 0 Å². The van der Waals surface area contributed by atoms with Crippen LogP contribution in [0.2, 0.25) is 0 Å². The van der Waals surface area contributed by atoms with Gasteiger partial charge in [-0.25, -0.2) is 4.98 Å². The molecule has 2 rings (SSSR count). The molecule has 4 nitrogen and oxygen atoms in total. The van der Waals surface area contributed by atoms with Crippen LogP contribution < -0.4 is 10.3 Å². The number of benzene rings is 1. The predicted molar refractivity (Wildman–Crippen MR) is 83.1 cm³/mol. The Kier molecular flexibility index (Phi) is 4.60. The molecule has 0 spiro atoms. The molecule has 20 heavy (non-hydrogen) atoms. The Bertz CT molecular complexity index is 665. The van der Waals surface area contributed by atoms with E-state index in [0.717, 1.165) is 27.9 Å². The van der Waals surface area contributed by atoms with Crippen LogP contribution in [0.3, 0.4) is 0 Å². The van der Waals surface area contributed by atoms with E-state index in [1.807, 2.05) is 18.2 Å². The van der Waals surface area contributed by atoms with Crippen molar-refractivity contribution >= 4 is 15.9 Å². The first-order chi connectivity index (χ1) is 9.49. The molecule has 106 valence electrons. The van der Waals surface area contributed by atoms with Gasteiger partial charge in [0, 0.05) is 17.3 Å². The highest BCUT2D eigenvalue weighted by atomic mass is 79.9. The lowest BCUT2D eigenvalue weighted by Gasteiger charge is -2.08. The fourth-order valence-electron chi connectivity index (χ4n) is 1.98. The average Bonchev–Trinajstić information content (AvgIpc) is 2.37. The molecule has 0 unspecified atom stereocenters. The number of rotatable bonds is 4. The molecule has 2 aromatic rings. The third-order valence-corrected chi connectivity index (χ3v) is 3.46. The topological polar surface area (TPSA) is 55.0 Å². The Morgan fingerprint density at radius 2 is 2.10 bits per heavy atom. The van der Waals surface area contributed by atoms with Gasteiger partial charge < -0.3 is 9.72 Å². The van der Waals surface area contributed by atoms with Gasteiger partial charge in [-0.15, -0.1) is 0 Å². The number of methoxy groups -OCH3 is 1. The van der Waals surface area contributed by atoms with Crippen molar-refractivity contribution in [2.75, 3.05) is 7.11 Å². The Morgan fingerprint density at radius 1 is 1.35 bits per heavy atom. The third kappa shape index (κ3) is 3.48. The zero-order valence-electron chi connectivity index (χ0n) is 11.7. The molecule has 0 atom stereocenters. The lowest BCUT2D eigenvalue weighted by atomic mass is 10.1. The summed E-state index contributed by atoms with van der Waals surface area (Å²) in [6.45, 7) is 4.21. The van der Waals surface area contributed by atoms with Gasteiger partial charge in [0.15, 0.2) is 0 Å². The van der Waals surface area contributed by atoms with Gasteiger partial charge in [0.1, 0.15) is 11.6 Å². The van der Waals surface area contributed by atoms with E-state index in [4.69, 9.17) is 4.74 Å². The molecule has 0 bridgehead atoms. The molecule has 1 aromatic carbocycles. The fraction of sp³-hybridized carbons (Fsp3) is 0.333. The van der Waals surface area contributed by atoms with Crippen LogP contribution in [0.5, 0.6) is 5.75 Å². The van der Waals surface area contributed by atoms with Crippen LogP contribution in [0.15, 0.2) is 33.5 Å². The maximum absolute atomic E-state index is 11.7. The van der Waals surface area contributed by atoms with Crippen LogP contribution in [0.25, 0.3) is 11.4 Å². The van der Waals surface area contributed by atoms with Crippen molar-refractivity contribution in [1.82, 2.24) is 9.97 Å². The molecule has 0 fully saturated rings. The monoisotopic (exact) mass is 336 g/mol. The van der Waals surface area contributed by atoms with Gasteiger partial charge in [-0.2, -0.15) is 0 Å². The molecular weight excluding hydrogens is 320 g/mol. The van der Waals surface area contributed by atoms with E-state index < -0.39 is 0 Å². The van der Waals surface area contributed by atoms with E-state index >= 15 is 0 Å². The largest absolute Gasteiger partial charge is 0.496 e. The van der Waals surface area contributed by atoms with E-state index in [1.165, 1.54) is 0 Å². The van der Waals surface area contributed by atoms with Gasteiger partial charge in [0.2, 0.25) is 0 Å². The van der Waals surface area contributed by atoms with Crippen molar-refractivity contribution in [3.05, 3.63) is 44.8 Å². The maximum atomic E-state index is 11.7. The molecule has 0 amide bonds. The predicted octanol–water partition coefficient (Wildman–Crippen LogP) is 3.41. The van der Waals surface area contributed by atoms with E-state index in [1.54, 1.807) is 13.2 Å². The first-order valence-corrected chi connectivity index (χ1v) is 7.23. The van der Waals surface area contributed by atoms with Crippen LogP contribution in [-0.2, 0) is 6.42 Å². The molecule has 0 saturated carbocycles. The Hall–Kier alpha value is -1.62. The van der Waals surface area contributed by atoms with E-state index in [-0.39, 0.29) is 5.56 Å². The van der Waals surface area contributed by atoms with Crippen LogP contribution in [0, 0.1) is 5.92 Å². The molecule has 0 aliphatic heterocycles. The molecule has 5 heteroatoms. The highest BCUT2D eigenvalue weighted by Crippen LogP contribution is 2.28. The minimum Gasteiger partial charge on any atom is -0.496 e. The number of halogens is 1. The number of H-pyrrole nitrogens is 1. The molecule has 0 radical (unpaired) electrons. The molecule has 1 aromatic heterocycles. The van der Waals surface area contributed by atoms with Crippen LogP contribution in [-0.4, -0.2) is 17.1 Å². The van der Waals surface area contributed by atoms with Gasteiger partial charge >= 0.3 is 0 Å². The van der Waals surface area contributed by atoms with Crippen molar-refractivity contribution in [2.24, 2.45) is 5.92 Å². The molecule has 1 N–H and O–H groups in total. The van der Waals surface area contributed by atoms with Crippen molar-refractivity contribution in [2.45, 2.75) is 20.3 Å². The summed E-state index contributed by atoms with van der Waals surface area (Å²) < 4.78 is 6.02. The summed E-state index contributed by atoms with van der Waals surface area (Å²) >= 11 is 3.44. The van der Waals surface area contributed by atoms with Crippen molar-refractivity contribution in [1.29, 1.82) is 0 Å². The number of nitrogens with zero attached hydrogens (tertiary/aromatic N) is 1. The molecule has 1 heterocycles. The summed E-state index contributed by atoms with van der Waals surface area (Å²) in [6.07, 6.45) is 0.786. The Labute approximate surface area is 126 Å². The average molecular weight is 337 g/mol. The summed E-state index contributed by atoms with van der Waals surface area (Å²) in [7, 11) is 1.61. The third-order valence-electron chi connectivity index (χ3n) is 2.84. The lowest BCUT2D eigenvalue weighted by Crippen LogP contribution is -2.11. The normalized spacial score (nSPS) is 10.8. The van der Waals surface area contributed by atoms with Gasteiger partial charge in [0.25, 0.3) is 5.56 Å². The van der Waals surface area contributed by atoms with Gasteiger partial charge in [0.05, 0.1) is 11.6 Å². The number of aromatic amines is 1. The van der Waals surface area contributed by atoms with Crippen LogP contribution in [0.4, 0.5) is 0 Å². The molecule has 0 saturated heterocycles. The minimum absolute atomic E-state index is 0.127. The summed E-state index contributed by atoms with van der Waals surface area (Å²) in [5.41, 5.74) is 1.53. The standard InChI is InChI=1S/C15H17BrN2O2/c1-9(2)6-11-8-14(19)18-15(17-11)10-4-5-13(20-3)12(16)7-10/h4-5,7-9H,6H2,1-3H3,(H,17,18,19). The first-order valence-electron chi connectivity index (χ1n) is 6.43. The summed E-state index contributed by atoms with van der Waals surface area (Å²) in [6, 6.07) is 7.16. The first kappa shape index (κ1) is 14.8. The van der Waals surface area contributed by atoms with E-state index in [9.17, 15) is 4.79 Å². The Morgan fingerprint density at radius 3 is 2.70 bits per heavy atom. The second kappa shape index (κ2) is 6.22. The molecule has 0 aliphatic rings. The minimum atomic E-state index is -0.127. The zero-order valence-corrected chi connectivity index (χ0v) is 13.3. The van der Waals surface area contributed by atoms with Gasteiger partial charge in [-0.05, 0) is 46.5 Å². The van der Waals surface area contributed by atoms with Crippen molar-refractivity contribution in [3.8, 4) is 17.1 Å². The summed E-state index contributed by atoms with van der Waals surface area (Å²) in [5.74, 6) is 1.78. The maximum Gasteiger partial charge on any atom is 0.251 e. The fourth-order valence-corrected chi connectivity index (χ4v) is 2.52.